The molecule has 0 spiro atoms. The summed E-state index contributed by atoms with van der Waals surface area (Å²) in [6.07, 6.45) is 3.09. The van der Waals surface area contributed by atoms with Gasteiger partial charge in [0.15, 0.2) is 5.82 Å². The molecule has 0 atom stereocenters. The van der Waals surface area contributed by atoms with E-state index < -0.39 is 0 Å². The fraction of sp³-hybridized carbons (Fsp3) is 0.294. The Bertz CT molecular complexity index is 869. The van der Waals surface area contributed by atoms with Gasteiger partial charge < -0.3 is 10.1 Å². The van der Waals surface area contributed by atoms with E-state index >= 15 is 0 Å². The molecule has 1 aromatic carbocycles. The number of rotatable bonds is 6. The smallest absolute Gasteiger partial charge is 0.259 e. The van der Waals surface area contributed by atoms with E-state index in [0.29, 0.717) is 36.0 Å². The second-order valence-electron chi connectivity index (χ2n) is 5.35. The van der Waals surface area contributed by atoms with Gasteiger partial charge in [0, 0.05) is 6.54 Å². The summed E-state index contributed by atoms with van der Waals surface area (Å²) in [5.41, 5.74) is 1.95. The number of nitrogens with one attached hydrogen (secondary N) is 1. The predicted octanol–water partition coefficient (Wildman–Crippen LogP) is 2.44. The molecule has 25 heavy (non-hydrogen) atoms. The molecule has 3 rings (SSSR count). The molecule has 3 aromatic rings. The average Bonchev–Trinajstić information content (AvgIpc) is 3.25. The van der Waals surface area contributed by atoms with Gasteiger partial charge in [-0.2, -0.15) is 5.10 Å². The van der Waals surface area contributed by atoms with Gasteiger partial charge in [0.05, 0.1) is 17.9 Å². The second-order valence-corrected chi connectivity index (χ2v) is 5.35. The van der Waals surface area contributed by atoms with Crippen LogP contribution in [0.5, 0.6) is 5.75 Å². The number of ether oxygens (including phenoxy) is 1. The van der Waals surface area contributed by atoms with Gasteiger partial charge in [0.25, 0.3) is 5.91 Å². The zero-order valence-electron chi connectivity index (χ0n) is 14.4. The van der Waals surface area contributed by atoms with Gasteiger partial charge in [-0.15, -0.1) is 10.2 Å². The van der Waals surface area contributed by atoms with Crippen LogP contribution in [0, 0.1) is 6.92 Å². The maximum Gasteiger partial charge on any atom is 0.259 e. The normalized spacial score (nSPS) is 10.7. The first-order valence-electron chi connectivity index (χ1n) is 8.11. The molecule has 0 radical (unpaired) electrons. The number of hydrogen-bond acceptors (Lipinski definition) is 5. The van der Waals surface area contributed by atoms with E-state index in [1.165, 1.54) is 0 Å². The molecule has 2 heterocycles. The molecule has 0 aliphatic rings. The van der Waals surface area contributed by atoms with Crippen molar-refractivity contribution in [2.24, 2.45) is 0 Å². The van der Waals surface area contributed by atoms with Gasteiger partial charge in [-0.3, -0.25) is 14.0 Å². The molecular weight excluding hydrogens is 320 g/mol. The number of carbonyl (C=O) groups excluding carboxylic acids is 1. The molecule has 0 aliphatic carbocycles. The first-order chi connectivity index (χ1) is 12.2. The molecule has 1 amide bonds. The van der Waals surface area contributed by atoms with Crippen molar-refractivity contribution in [2.75, 3.05) is 11.9 Å². The minimum atomic E-state index is -0.253. The summed E-state index contributed by atoms with van der Waals surface area (Å²) in [5.74, 6) is 0.873. The Kier molecular flexibility index (Phi) is 4.78. The number of amides is 1. The third kappa shape index (κ3) is 3.23. The minimum absolute atomic E-state index is 0.253. The largest absolute Gasteiger partial charge is 0.493 e. The van der Waals surface area contributed by atoms with E-state index in [1.54, 1.807) is 35.4 Å². The van der Waals surface area contributed by atoms with Gasteiger partial charge >= 0.3 is 0 Å². The van der Waals surface area contributed by atoms with Crippen LogP contribution in [0.4, 0.5) is 5.69 Å². The Labute approximate surface area is 145 Å². The Morgan fingerprint density at radius 3 is 2.60 bits per heavy atom. The quantitative estimate of drug-likeness (QED) is 0.745. The lowest BCUT2D eigenvalue weighted by molar-refractivity contribution is 0.102. The number of nitrogens with zero attached hydrogens (tertiary/aromatic N) is 5. The lowest BCUT2D eigenvalue weighted by Gasteiger charge is -2.11. The Balaban J connectivity index is 1.98. The summed E-state index contributed by atoms with van der Waals surface area (Å²) in [6.45, 7) is 6.96. The van der Waals surface area contributed by atoms with Crippen LogP contribution in [0.3, 0.4) is 0 Å². The van der Waals surface area contributed by atoms with E-state index in [1.807, 2.05) is 31.5 Å². The Hall–Kier alpha value is -3.16. The first-order valence-corrected chi connectivity index (χ1v) is 8.11. The molecular formula is C17H20N6O2. The maximum atomic E-state index is 12.8. The fourth-order valence-electron chi connectivity index (χ4n) is 2.59. The third-order valence-electron chi connectivity index (χ3n) is 3.82. The van der Waals surface area contributed by atoms with Crippen molar-refractivity contribution in [3.05, 3.63) is 48.2 Å². The summed E-state index contributed by atoms with van der Waals surface area (Å²) in [7, 11) is 0. The van der Waals surface area contributed by atoms with Crippen molar-refractivity contribution in [3.63, 3.8) is 0 Å². The number of para-hydroxylation sites is 1. The van der Waals surface area contributed by atoms with E-state index in [9.17, 15) is 4.79 Å². The summed E-state index contributed by atoms with van der Waals surface area (Å²) in [6, 6.07) is 7.16. The zero-order chi connectivity index (χ0) is 17.8. The highest BCUT2D eigenvalue weighted by molar-refractivity contribution is 6.07. The van der Waals surface area contributed by atoms with Crippen molar-refractivity contribution < 1.29 is 9.53 Å². The van der Waals surface area contributed by atoms with Crippen LogP contribution in [0.1, 0.15) is 29.9 Å². The summed E-state index contributed by atoms with van der Waals surface area (Å²) in [5, 5.41) is 15.1. The van der Waals surface area contributed by atoms with Crippen LogP contribution in [-0.2, 0) is 6.54 Å². The third-order valence-corrected chi connectivity index (χ3v) is 3.82. The predicted molar refractivity (Wildman–Crippen MR) is 93.1 cm³/mol. The van der Waals surface area contributed by atoms with Gasteiger partial charge in [-0.05, 0) is 32.9 Å². The SMILES string of the molecule is CCOc1ccccc1C(=O)Nc1c(-n2cnnc2)nn(CC)c1C. The number of benzene rings is 1. The van der Waals surface area contributed by atoms with Crippen LogP contribution in [0.2, 0.25) is 0 Å². The van der Waals surface area contributed by atoms with Crippen molar-refractivity contribution in [3.8, 4) is 11.6 Å². The standard InChI is InChI=1S/C17H20N6O2/c1-4-23-12(3)15(16(21-23)22-10-18-19-11-22)20-17(24)13-8-6-7-9-14(13)25-5-2/h6-11H,4-5H2,1-3H3,(H,20,24). The van der Waals surface area contributed by atoms with Crippen molar-refractivity contribution in [2.45, 2.75) is 27.3 Å². The second kappa shape index (κ2) is 7.16. The van der Waals surface area contributed by atoms with Crippen molar-refractivity contribution in [1.29, 1.82) is 0 Å². The number of anilines is 1. The van der Waals surface area contributed by atoms with Crippen LogP contribution in [0.25, 0.3) is 5.82 Å². The average molecular weight is 340 g/mol. The number of carbonyl (C=O) groups is 1. The van der Waals surface area contributed by atoms with Gasteiger partial charge in [-0.1, -0.05) is 12.1 Å². The lowest BCUT2D eigenvalue weighted by atomic mass is 10.2. The summed E-state index contributed by atoms with van der Waals surface area (Å²) < 4.78 is 9.04. The van der Waals surface area contributed by atoms with Crippen molar-refractivity contribution >= 4 is 11.6 Å². The molecule has 8 heteroatoms. The molecule has 0 bridgehead atoms. The zero-order valence-corrected chi connectivity index (χ0v) is 14.4. The molecule has 0 unspecified atom stereocenters. The van der Waals surface area contributed by atoms with E-state index in [4.69, 9.17) is 4.74 Å². The number of aryl methyl sites for hydroxylation is 1. The minimum Gasteiger partial charge on any atom is -0.493 e. The van der Waals surface area contributed by atoms with E-state index in [0.717, 1.165) is 5.69 Å². The van der Waals surface area contributed by atoms with Crippen LogP contribution < -0.4 is 10.1 Å². The summed E-state index contributed by atoms with van der Waals surface area (Å²) >= 11 is 0. The molecule has 0 saturated carbocycles. The molecule has 0 saturated heterocycles. The fourth-order valence-corrected chi connectivity index (χ4v) is 2.59. The maximum absolute atomic E-state index is 12.8. The van der Waals surface area contributed by atoms with E-state index in [-0.39, 0.29) is 5.91 Å². The first kappa shape index (κ1) is 16.7. The Morgan fingerprint density at radius 1 is 1.20 bits per heavy atom. The van der Waals surface area contributed by atoms with Gasteiger partial charge in [0.1, 0.15) is 24.1 Å². The van der Waals surface area contributed by atoms with Crippen LogP contribution >= 0.6 is 0 Å². The molecule has 130 valence electrons. The molecule has 0 fully saturated rings. The van der Waals surface area contributed by atoms with Crippen LogP contribution in [-0.4, -0.2) is 37.1 Å². The van der Waals surface area contributed by atoms with E-state index in [2.05, 4.69) is 20.6 Å². The summed E-state index contributed by atoms with van der Waals surface area (Å²) in [4.78, 5) is 12.8. The monoisotopic (exact) mass is 340 g/mol. The number of hydrogen-bond donors (Lipinski definition) is 1. The highest BCUT2D eigenvalue weighted by Crippen LogP contribution is 2.26. The number of aromatic nitrogens is 5. The molecule has 0 aliphatic heterocycles. The lowest BCUT2D eigenvalue weighted by Crippen LogP contribution is -2.15. The highest BCUT2D eigenvalue weighted by atomic mass is 16.5. The molecule has 2 aromatic heterocycles. The highest BCUT2D eigenvalue weighted by Gasteiger charge is 2.20. The Morgan fingerprint density at radius 2 is 1.92 bits per heavy atom. The van der Waals surface area contributed by atoms with Crippen molar-refractivity contribution in [1.82, 2.24) is 24.5 Å². The molecule has 8 nitrogen and oxygen atoms in total. The van der Waals surface area contributed by atoms with Crippen LogP contribution in [0.15, 0.2) is 36.9 Å². The van der Waals surface area contributed by atoms with Gasteiger partial charge in [0.2, 0.25) is 0 Å². The van der Waals surface area contributed by atoms with Gasteiger partial charge in [-0.25, -0.2) is 0 Å². The topological polar surface area (TPSA) is 86.9 Å². The molecule has 1 N–H and O–H groups in total.